The topological polar surface area (TPSA) is 64.7 Å². The average Bonchev–Trinajstić information content (AvgIpc) is 2.96. The number of fused-ring (bicyclic) bond motifs is 2. The van der Waals surface area contributed by atoms with Gasteiger partial charge < -0.3 is 10.5 Å². The van der Waals surface area contributed by atoms with Crippen LogP contribution in [0.3, 0.4) is 0 Å². The number of rotatable bonds is 3. The number of carbonyl (C=O) groups is 1. The second-order valence-electron chi connectivity index (χ2n) is 8.25. The van der Waals surface area contributed by atoms with Crippen LogP contribution in [0.25, 0.3) is 0 Å². The second kappa shape index (κ2) is 5.97. The fourth-order valence-corrected chi connectivity index (χ4v) is 4.39. The van der Waals surface area contributed by atoms with Gasteiger partial charge in [0, 0.05) is 12.0 Å². The Kier molecular flexibility index (Phi) is 3.87. The summed E-state index contributed by atoms with van der Waals surface area (Å²) < 4.78 is 5.55. The molecule has 0 bridgehead atoms. The first-order valence-corrected chi connectivity index (χ1v) is 9.06. The molecule has 2 aliphatic rings. The first-order chi connectivity index (χ1) is 12.4. The molecule has 1 unspecified atom stereocenters. The van der Waals surface area contributed by atoms with Crippen molar-refractivity contribution >= 4 is 11.8 Å². The summed E-state index contributed by atoms with van der Waals surface area (Å²) in [7, 11) is 0. The van der Waals surface area contributed by atoms with E-state index in [0.29, 0.717) is 13.0 Å². The molecule has 134 valence electrons. The molecule has 0 radical (unpaired) electrons. The van der Waals surface area contributed by atoms with Crippen molar-refractivity contribution in [2.75, 3.05) is 6.61 Å². The van der Waals surface area contributed by atoms with Gasteiger partial charge in [0.2, 0.25) is 0 Å². The van der Waals surface area contributed by atoms with Crippen molar-refractivity contribution in [2.24, 2.45) is 16.1 Å². The zero-order chi connectivity index (χ0) is 18.4. The van der Waals surface area contributed by atoms with Crippen molar-refractivity contribution in [1.29, 1.82) is 0 Å². The molecule has 0 saturated heterocycles. The van der Waals surface area contributed by atoms with Crippen LogP contribution in [0, 0.1) is 5.41 Å². The van der Waals surface area contributed by atoms with Gasteiger partial charge in [0.25, 0.3) is 6.02 Å². The summed E-state index contributed by atoms with van der Waals surface area (Å²) in [6.07, 6.45) is 2.27. The fraction of sp³-hybridized carbons (Fsp3) is 0.364. The molecule has 1 heterocycles. The van der Waals surface area contributed by atoms with Gasteiger partial charge in [-0.3, -0.25) is 4.79 Å². The van der Waals surface area contributed by atoms with E-state index in [0.717, 1.165) is 29.5 Å². The van der Waals surface area contributed by atoms with Crippen LogP contribution in [0.15, 0.2) is 53.5 Å². The van der Waals surface area contributed by atoms with Crippen LogP contribution in [-0.4, -0.2) is 18.4 Å². The molecule has 4 rings (SSSR count). The first-order valence-electron chi connectivity index (χ1n) is 9.06. The van der Waals surface area contributed by atoms with Crippen molar-refractivity contribution in [3.05, 3.63) is 70.8 Å². The lowest BCUT2D eigenvalue weighted by molar-refractivity contribution is 0.0992. The molecule has 1 spiro atoms. The highest BCUT2D eigenvalue weighted by atomic mass is 16.5. The lowest BCUT2D eigenvalue weighted by atomic mass is 9.65. The Morgan fingerprint density at radius 3 is 2.65 bits per heavy atom. The maximum atomic E-state index is 12.6. The molecular formula is C22H24N2O2. The summed E-state index contributed by atoms with van der Waals surface area (Å²) in [6.45, 7) is 4.99. The van der Waals surface area contributed by atoms with Crippen LogP contribution < -0.4 is 5.73 Å². The minimum absolute atomic E-state index is 0.126. The van der Waals surface area contributed by atoms with E-state index in [9.17, 15) is 4.79 Å². The number of hydrogen-bond acceptors (Lipinski definition) is 4. The van der Waals surface area contributed by atoms with Gasteiger partial charge in [-0.25, -0.2) is 4.99 Å². The zero-order valence-corrected chi connectivity index (χ0v) is 15.3. The summed E-state index contributed by atoms with van der Waals surface area (Å²) in [4.78, 5) is 17.3. The van der Waals surface area contributed by atoms with E-state index in [-0.39, 0.29) is 17.2 Å². The highest BCUT2D eigenvalue weighted by Gasteiger charge is 2.47. The molecular weight excluding hydrogens is 324 g/mol. The minimum Gasteiger partial charge on any atom is -0.462 e. The number of ketones is 1. The highest BCUT2D eigenvalue weighted by Crippen LogP contribution is 2.48. The standard InChI is InChI=1S/C22H24N2O2/c1-21(2)12-17-9-8-15(11-19(25)16-6-4-3-5-7-16)10-18(17)22(13-21)14-26-20(23)24-22/h3-10H,11-14H2,1-2H3,(H2,23,24). The van der Waals surface area contributed by atoms with Crippen molar-refractivity contribution in [3.8, 4) is 0 Å². The number of nitrogens with zero attached hydrogens (tertiary/aromatic N) is 1. The molecule has 2 aromatic rings. The maximum Gasteiger partial charge on any atom is 0.283 e. The Balaban J connectivity index is 1.70. The third kappa shape index (κ3) is 3.00. The van der Waals surface area contributed by atoms with Gasteiger partial charge in [0.05, 0.1) is 0 Å². The van der Waals surface area contributed by atoms with Gasteiger partial charge in [-0.1, -0.05) is 62.4 Å². The Hall–Kier alpha value is -2.62. The quantitative estimate of drug-likeness (QED) is 0.862. The predicted octanol–water partition coefficient (Wildman–Crippen LogP) is 3.62. The smallest absolute Gasteiger partial charge is 0.283 e. The molecule has 0 amide bonds. The fourth-order valence-electron chi connectivity index (χ4n) is 4.39. The summed E-state index contributed by atoms with van der Waals surface area (Å²) >= 11 is 0. The number of benzene rings is 2. The average molecular weight is 348 g/mol. The van der Waals surface area contributed by atoms with Gasteiger partial charge in [0.1, 0.15) is 12.1 Å². The van der Waals surface area contributed by atoms with Crippen molar-refractivity contribution < 1.29 is 9.53 Å². The van der Waals surface area contributed by atoms with Crippen LogP contribution in [-0.2, 0) is 23.1 Å². The second-order valence-corrected chi connectivity index (χ2v) is 8.25. The van der Waals surface area contributed by atoms with Crippen molar-refractivity contribution in [2.45, 2.75) is 38.6 Å². The number of amidine groups is 1. The number of carbonyl (C=O) groups excluding carboxylic acids is 1. The van der Waals surface area contributed by atoms with Crippen LogP contribution >= 0.6 is 0 Å². The number of Topliss-reactive ketones (excluding diaryl/α,β-unsaturated/α-hetero) is 1. The number of hydrogen-bond donors (Lipinski definition) is 1. The van der Waals surface area contributed by atoms with Gasteiger partial charge in [0.15, 0.2) is 5.78 Å². The van der Waals surface area contributed by atoms with E-state index in [1.165, 1.54) is 5.56 Å². The first kappa shape index (κ1) is 16.8. The van der Waals surface area contributed by atoms with Gasteiger partial charge in [-0.05, 0) is 34.9 Å². The van der Waals surface area contributed by atoms with Crippen LogP contribution in [0.1, 0.15) is 47.3 Å². The SMILES string of the molecule is CC1(C)Cc2ccc(CC(=O)c3ccccc3)cc2C2(COC(N)=N2)C1. The summed E-state index contributed by atoms with van der Waals surface area (Å²) in [6, 6.07) is 16.0. The van der Waals surface area contributed by atoms with E-state index < -0.39 is 5.54 Å². The number of nitrogens with two attached hydrogens (primary N) is 1. The molecule has 2 N–H and O–H groups in total. The largest absolute Gasteiger partial charge is 0.462 e. The van der Waals surface area contributed by atoms with E-state index in [2.05, 4.69) is 37.0 Å². The van der Waals surface area contributed by atoms with Crippen LogP contribution in [0.2, 0.25) is 0 Å². The van der Waals surface area contributed by atoms with Crippen molar-refractivity contribution in [1.82, 2.24) is 0 Å². The lowest BCUT2D eigenvalue weighted by Gasteiger charge is -2.41. The maximum absolute atomic E-state index is 12.6. The molecule has 2 aromatic carbocycles. The van der Waals surface area contributed by atoms with Gasteiger partial charge in [-0.2, -0.15) is 0 Å². The molecule has 4 heteroatoms. The Morgan fingerprint density at radius 2 is 1.96 bits per heavy atom. The Bertz CT molecular complexity index is 886. The van der Waals surface area contributed by atoms with E-state index in [1.807, 2.05) is 30.3 Å². The van der Waals surface area contributed by atoms with Gasteiger partial charge >= 0.3 is 0 Å². The Labute approximate surface area is 154 Å². The van der Waals surface area contributed by atoms with E-state index in [4.69, 9.17) is 10.5 Å². The minimum atomic E-state index is -0.424. The third-order valence-electron chi connectivity index (χ3n) is 5.36. The molecule has 1 atom stereocenters. The van der Waals surface area contributed by atoms with E-state index >= 15 is 0 Å². The summed E-state index contributed by atoms with van der Waals surface area (Å²) in [5.41, 5.74) is 9.76. The van der Waals surface area contributed by atoms with Gasteiger partial charge in [-0.15, -0.1) is 0 Å². The summed E-state index contributed by atoms with van der Waals surface area (Å²) in [5, 5.41) is 0. The number of ether oxygens (including phenoxy) is 1. The van der Waals surface area contributed by atoms with Crippen LogP contribution in [0.4, 0.5) is 0 Å². The van der Waals surface area contributed by atoms with Crippen molar-refractivity contribution in [3.63, 3.8) is 0 Å². The third-order valence-corrected chi connectivity index (χ3v) is 5.36. The molecule has 0 fully saturated rings. The highest BCUT2D eigenvalue weighted by molar-refractivity contribution is 5.97. The van der Waals surface area contributed by atoms with Crippen LogP contribution in [0.5, 0.6) is 0 Å². The normalized spacial score (nSPS) is 23.2. The Morgan fingerprint density at radius 1 is 1.19 bits per heavy atom. The molecule has 1 aliphatic heterocycles. The molecule has 26 heavy (non-hydrogen) atoms. The zero-order valence-electron chi connectivity index (χ0n) is 15.3. The molecule has 4 nitrogen and oxygen atoms in total. The molecule has 1 aliphatic carbocycles. The molecule has 0 saturated carbocycles. The lowest BCUT2D eigenvalue weighted by Crippen LogP contribution is -2.39. The molecule has 0 aromatic heterocycles. The summed E-state index contributed by atoms with van der Waals surface area (Å²) in [5.74, 6) is 0.126. The predicted molar refractivity (Wildman–Crippen MR) is 102 cm³/mol. The number of aliphatic imine (C=N–C) groups is 1. The van der Waals surface area contributed by atoms with E-state index in [1.54, 1.807) is 0 Å². The monoisotopic (exact) mass is 348 g/mol.